The minimum atomic E-state index is -0.129. The van der Waals surface area contributed by atoms with Gasteiger partial charge < -0.3 is 14.8 Å². The number of hydrogen-bond donors (Lipinski definition) is 1. The van der Waals surface area contributed by atoms with Gasteiger partial charge in [-0.1, -0.05) is 13.8 Å². The predicted octanol–water partition coefficient (Wildman–Crippen LogP) is 1.43. The Morgan fingerprint density at radius 3 is 2.63 bits per heavy atom. The van der Waals surface area contributed by atoms with Gasteiger partial charge >= 0.3 is 0 Å². The lowest BCUT2D eigenvalue weighted by atomic mass is 9.95. The third-order valence-electron chi connectivity index (χ3n) is 5.94. The number of amides is 2. The first-order valence-corrected chi connectivity index (χ1v) is 10.1. The standard InChI is InChI=1S/C20H28N4O3/c1-12(2)19(26)23-8-3-4-14(10-23)17-21-16-7-9-24(20(27)13-5-6-13)11-15(16)18(25)22-17/h12-14H,3-11H2,1-2H3,(H,21,22,25)/t14-/m1/s1. The Labute approximate surface area is 159 Å². The van der Waals surface area contributed by atoms with Crippen molar-refractivity contribution in [2.24, 2.45) is 11.8 Å². The molecule has 7 nitrogen and oxygen atoms in total. The second kappa shape index (κ2) is 7.09. The number of piperidine rings is 1. The molecular weight excluding hydrogens is 344 g/mol. The van der Waals surface area contributed by atoms with E-state index in [1.807, 2.05) is 18.7 Å². The lowest BCUT2D eigenvalue weighted by Gasteiger charge is -2.34. The molecule has 1 saturated heterocycles. The van der Waals surface area contributed by atoms with Gasteiger partial charge in [0.25, 0.3) is 5.56 Å². The molecule has 0 bridgehead atoms. The zero-order valence-electron chi connectivity index (χ0n) is 16.2. The molecule has 0 aromatic carbocycles. The van der Waals surface area contributed by atoms with Crippen LogP contribution >= 0.6 is 0 Å². The first kappa shape index (κ1) is 18.2. The van der Waals surface area contributed by atoms with Gasteiger partial charge in [-0.05, 0) is 25.7 Å². The average molecular weight is 372 g/mol. The topological polar surface area (TPSA) is 86.4 Å². The Balaban J connectivity index is 1.52. The van der Waals surface area contributed by atoms with E-state index in [9.17, 15) is 14.4 Å². The summed E-state index contributed by atoms with van der Waals surface area (Å²) < 4.78 is 0. The van der Waals surface area contributed by atoms with Gasteiger partial charge in [0.2, 0.25) is 11.8 Å². The maximum atomic E-state index is 12.7. The highest BCUT2D eigenvalue weighted by molar-refractivity contribution is 5.81. The summed E-state index contributed by atoms with van der Waals surface area (Å²) in [4.78, 5) is 48.7. The minimum absolute atomic E-state index is 0.0192. The van der Waals surface area contributed by atoms with Crippen molar-refractivity contribution in [3.8, 4) is 0 Å². The number of aromatic nitrogens is 2. The summed E-state index contributed by atoms with van der Waals surface area (Å²) in [5.41, 5.74) is 1.32. The molecule has 1 saturated carbocycles. The summed E-state index contributed by atoms with van der Waals surface area (Å²) in [5, 5.41) is 0. The largest absolute Gasteiger partial charge is 0.342 e. The Morgan fingerprint density at radius 1 is 1.15 bits per heavy atom. The molecule has 0 unspecified atom stereocenters. The maximum absolute atomic E-state index is 12.7. The highest BCUT2D eigenvalue weighted by Gasteiger charge is 2.36. The monoisotopic (exact) mass is 372 g/mol. The number of nitrogens with one attached hydrogen (secondary N) is 1. The van der Waals surface area contributed by atoms with Crippen molar-refractivity contribution < 1.29 is 9.59 Å². The van der Waals surface area contributed by atoms with E-state index in [2.05, 4.69) is 4.98 Å². The molecule has 7 heteroatoms. The van der Waals surface area contributed by atoms with Crippen LogP contribution in [0.15, 0.2) is 4.79 Å². The molecule has 1 aliphatic carbocycles. The van der Waals surface area contributed by atoms with Gasteiger partial charge in [0.1, 0.15) is 5.82 Å². The zero-order valence-corrected chi connectivity index (χ0v) is 16.2. The number of likely N-dealkylation sites (tertiary alicyclic amines) is 1. The van der Waals surface area contributed by atoms with Crippen LogP contribution in [0, 0.1) is 11.8 Å². The van der Waals surface area contributed by atoms with E-state index in [1.54, 1.807) is 4.90 Å². The third-order valence-corrected chi connectivity index (χ3v) is 5.94. The van der Waals surface area contributed by atoms with Crippen LogP contribution in [-0.4, -0.2) is 51.2 Å². The van der Waals surface area contributed by atoms with Gasteiger partial charge in [-0.15, -0.1) is 0 Å². The molecule has 0 spiro atoms. The Bertz CT molecular complexity index is 812. The molecule has 2 aliphatic heterocycles. The van der Waals surface area contributed by atoms with E-state index >= 15 is 0 Å². The second-order valence-electron chi connectivity index (χ2n) is 8.44. The zero-order chi connectivity index (χ0) is 19.1. The summed E-state index contributed by atoms with van der Waals surface area (Å²) in [6.45, 7) is 6.24. The van der Waals surface area contributed by atoms with E-state index in [-0.39, 0.29) is 35.1 Å². The molecule has 1 aromatic rings. The highest BCUT2D eigenvalue weighted by atomic mass is 16.2. The minimum Gasteiger partial charge on any atom is -0.342 e. The van der Waals surface area contributed by atoms with E-state index < -0.39 is 0 Å². The Morgan fingerprint density at radius 2 is 1.93 bits per heavy atom. The molecule has 146 valence electrons. The fraction of sp³-hybridized carbons (Fsp3) is 0.700. The number of hydrogen-bond acceptors (Lipinski definition) is 4. The van der Waals surface area contributed by atoms with Crippen molar-refractivity contribution >= 4 is 11.8 Å². The van der Waals surface area contributed by atoms with E-state index in [1.165, 1.54) is 0 Å². The number of rotatable bonds is 3. The fourth-order valence-electron chi connectivity index (χ4n) is 4.18. The molecule has 1 N–H and O–H groups in total. The van der Waals surface area contributed by atoms with Crippen LogP contribution in [0.4, 0.5) is 0 Å². The van der Waals surface area contributed by atoms with Crippen molar-refractivity contribution in [1.29, 1.82) is 0 Å². The van der Waals surface area contributed by atoms with Crippen molar-refractivity contribution in [3.63, 3.8) is 0 Å². The van der Waals surface area contributed by atoms with Crippen molar-refractivity contribution in [2.45, 2.75) is 58.4 Å². The van der Waals surface area contributed by atoms with Crippen LogP contribution in [0.25, 0.3) is 0 Å². The normalized spacial score (nSPS) is 22.7. The highest BCUT2D eigenvalue weighted by Crippen LogP contribution is 2.32. The third kappa shape index (κ3) is 3.64. The maximum Gasteiger partial charge on any atom is 0.256 e. The number of H-pyrrole nitrogens is 1. The summed E-state index contributed by atoms with van der Waals surface area (Å²) in [6, 6.07) is 0. The molecule has 1 atom stereocenters. The van der Waals surface area contributed by atoms with Gasteiger partial charge in [-0.25, -0.2) is 4.98 Å². The lowest BCUT2D eigenvalue weighted by molar-refractivity contribution is -0.135. The molecule has 3 heterocycles. The van der Waals surface area contributed by atoms with E-state index in [0.29, 0.717) is 37.4 Å². The Hall–Kier alpha value is -2.18. The number of fused-ring (bicyclic) bond motifs is 1. The van der Waals surface area contributed by atoms with Crippen LogP contribution in [0.5, 0.6) is 0 Å². The van der Waals surface area contributed by atoms with Gasteiger partial charge in [-0.2, -0.15) is 0 Å². The number of carbonyl (C=O) groups excluding carboxylic acids is 2. The number of carbonyl (C=O) groups is 2. The van der Waals surface area contributed by atoms with Crippen LogP contribution in [0.2, 0.25) is 0 Å². The molecular formula is C20H28N4O3. The molecule has 2 amide bonds. The van der Waals surface area contributed by atoms with Gasteiger partial charge in [0, 0.05) is 43.8 Å². The van der Waals surface area contributed by atoms with Crippen molar-refractivity contribution in [2.75, 3.05) is 19.6 Å². The van der Waals surface area contributed by atoms with Crippen LogP contribution in [0.1, 0.15) is 62.5 Å². The molecule has 1 aromatic heterocycles. The van der Waals surface area contributed by atoms with Crippen LogP contribution in [0.3, 0.4) is 0 Å². The van der Waals surface area contributed by atoms with E-state index in [4.69, 9.17) is 4.98 Å². The fourth-order valence-corrected chi connectivity index (χ4v) is 4.18. The van der Waals surface area contributed by atoms with Crippen LogP contribution < -0.4 is 5.56 Å². The molecule has 27 heavy (non-hydrogen) atoms. The average Bonchev–Trinajstić information content (AvgIpc) is 3.52. The van der Waals surface area contributed by atoms with Gasteiger partial charge in [0.05, 0.1) is 17.8 Å². The first-order valence-electron chi connectivity index (χ1n) is 10.1. The van der Waals surface area contributed by atoms with E-state index in [0.717, 1.165) is 37.9 Å². The first-order chi connectivity index (χ1) is 12.9. The molecule has 4 rings (SSSR count). The predicted molar refractivity (Wildman–Crippen MR) is 100 cm³/mol. The summed E-state index contributed by atoms with van der Waals surface area (Å²) in [6.07, 6.45) is 4.43. The number of aromatic amines is 1. The smallest absolute Gasteiger partial charge is 0.256 e. The number of nitrogens with zero attached hydrogens (tertiary/aromatic N) is 3. The molecule has 0 radical (unpaired) electrons. The summed E-state index contributed by atoms with van der Waals surface area (Å²) >= 11 is 0. The van der Waals surface area contributed by atoms with Gasteiger partial charge in [0.15, 0.2) is 0 Å². The summed E-state index contributed by atoms with van der Waals surface area (Å²) in [7, 11) is 0. The van der Waals surface area contributed by atoms with Crippen molar-refractivity contribution in [3.05, 3.63) is 27.4 Å². The summed E-state index contributed by atoms with van der Waals surface area (Å²) in [5.74, 6) is 1.26. The molecule has 3 aliphatic rings. The Kier molecular flexibility index (Phi) is 4.78. The SMILES string of the molecule is CC(C)C(=O)N1CCC[C@@H](c2nc3c(c(=O)[nH]2)CN(C(=O)C2CC2)CC3)C1. The quantitative estimate of drug-likeness (QED) is 0.870. The van der Waals surface area contributed by atoms with Crippen LogP contribution in [-0.2, 0) is 22.6 Å². The van der Waals surface area contributed by atoms with Crippen molar-refractivity contribution in [1.82, 2.24) is 19.8 Å². The second-order valence-corrected chi connectivity index (χ2v) is 8.44. The van der Waals surface area contributed by atoms with Gasteiger partial charge in [-0.3, -0.25) is 14.4 Å². The molecule has 2 fully saturated rings. The lowest BCUT2D eigenvalue weighted by Crippen LogP contribution is -2.43.